The van der Waals surface area contributed by atoms with E-state index in [0.717, 1.165) is 12.8 Å². The summed E-state index contributed by atoms with van der Waals surface area (Å²) in [6.45, 7) is -5.28. The Morgan fingerprint density at radius 3 is 2.82 bits per heavy atom. The van der Waals surface area contributed by atoms with E-state index in [1.807, 2.05) is 5.32 Å². The molecule has 0 unspecified atom stereocenters. The van der Waals surface area contributed by atoms with Gasteiger partial charge in [0.2, 0.25) is 5.91 Å². The molecule has 170 valence electrons. The summed E-state index contributed by atoms with van der Waals surface area (Å²) in [7, 11) is 3.17. The molecule has 0 aromatic carbocycles. The number of amides is 2. The van der Waals surface area contributed by atoms with Gasteiger partial charge < -0.3 is 20.9 Å². The summed E-state index contributed by atoms with van der Waals surface area (Å²) in [5, 5.41) is 23.9. The summed E-state index contributed by atoms with van der Waals surface area (Å²) in [5.41, 5.74) is 1.15. The number of anilines is 4. The Morgan fingerprint density at radius 2 is 2.06 bits per heavy atom. The Kier molecular flexibility index (Phi) is 3.51. The number of hydrogen-bond acceptors (Lipinski definition) is 9. The van der Waals surface area contributed by atoms with Gasteiger partial charge in [-0.15, -0.1) is 10.2 Å². The SMILES string of the molecule is [2H]C([2H])([2H])NC(=O)c1nnc(NC(=O)C2CC2)cc1Nc1nccc2c1N(C)[C@H](C([2H])([2H])[2H])c1nn(C)nc1-2. The third kappa shape index (κ3) is 3.62. The molecule has 3 aromatic rings. The smallest absolute Gasteiger partial charge is 0.273 e. The lowest BCUT2D eigenvalue weighted by molar-refractivity contribution is -0.117. The van der Waals surface area contributed by atoms with Crippen LogP contribution in [0.2, 0.25) is 0 Å². The molecule has 2 amide bonds. The van der Waals surface area contributed by atoms with Crippen LogP contribution < -0.4 is 20.9 Å². The number of nitrogens with zero attached hydrogens (tertiary/aromatic N) is 7. The van der Waals surface area contributed by atoms with Crippen LogP contribution in [0, 0.1) is 5.92 Å². The number of nitrogens with one attached hydrogen (secondary N) is 3. The highest BCUT2D eigenvalue weighted by Crippen LogP contribution is 2.45. The van der Waals surface area contributed by atoms with Gasteiger partial charge >= 0.3 is 0 Å². The van der Waals surface area contributed by atoms with Crippen molar-refractivity contribution in [2.45, 2.75) is 25.7 Å². The van der Waals surface area contributed by atoms with Crippen LogP contribution in [0.1, 0.15) is 50.1 Å². The highest BCUT2D eigenvalue weighted by molar-refractivity contribution is 6.00. The quantitative estimate of drug-likeness (QED) is 0.524. The van der Waals surface area contributed by atoms with E-state index in [-0.39, 0.29) is 40.5 Å². The van der Waals surface area contributed by atoms with Crippen LogP contribution in [0.3, 0.4) is 0 Å². The van der Waals surface area contributed by atoms with E-state index in [9.17, 15) is 9.59 Å². The molecule has 1 aliphatic carbocycles. The summed E-state index contributed by atoms with van der Waals surface area (Å²) >= 11 is 0. The lowest BCUT2D eigenvalue weighted by Gasteiger charge is -2.33. The fraction of sp³-hybridized carbons (Fsp3) is 0.381. The lowest BCUT2D eigenvalue weighted by Crippen LogP contribution is -2.28. The Morgan fingerprint density at radius 1 is 1.21 bits per heavy atom. The zero-order valence-electron chi connectivity index (χ0n) is 23.7. The molecule has 3 N–H and O–H groups in total. The monoisotopic (exact) mass is 454 g/mol. The number of rotatable bonds is 5. The Bertz CT molecular complexity index is 1470. The summed E-state index contributed by atoms with van der Waals surface area (Å²) in [6, 6.07) is 1.84. The van der Waals surface area contributed by atoms with Crippen molar-refractivity contribution >= 4 is 34.8 Å². The second-order valence-electron chi connectivity index (χ2n) is 7.83. The van der Waals surface area contributed by atoms with Gasteiger partial charge in [0.05, 0.1) is 17.4 Å². The average Bonchev–Trinajstić information content (AvgIpc) is 3.59. The van der Waals surface area contributed by atoms with Gasteiger partial charge in [-0.25, -0.2) is 4.98 Å². The maximum Gasteiger partial charge on any atom is 0.273 e. The number of fused-ring (bicyclic) bond motifs is 3. The Labute approximate surface area is 198 Å². The number of carbonyl (C=O) groups is 2. The molecule has 0 saturated heterocycles. The van der Waals surface area contributed by atoms with Crippen molar-refractivity contribution in [3.05, 3.63) is 29.7 Å². The van der Waals surface area contributed by atoms with E-state index in [1.165, 1.54) is 22.0 Å². The average molecular weight is 455 g/mol. The first kappa shape index (κ1) is 14.9. The molecule has 4 heterocycles. The van der Waals surface area contributed by atoms with E-state index >= 15 is 0 Å². The summed E-state index contributed by atoms with van der Waals surface area (Å²) in [5.74, 6) is -1.25. The van der Waals surface area contributed by atoms with Gasteiger partial charge in [0, 0.05) is 53.0 Å². The summed E-state index contributed by atoms with van der Waals surface area (Å²) in [4.78, 5) is 32.3. The van der Waals surface area contributed by atoms with Crippen LogP contribution in [-0.2, 0) is 11.8 Å². The molecule has 1 saturated carbocycles. The van der Waals surface area contributed by atoms with Crippen molar-refractivity contribution in [3.8, 4) is 11.3 Å². The largest absolute Gasteiger partial charge is 0.363 e. The maximum absolute atomic E-state index is 12.8. The van der Waals surface area contributed by atoms with Gasteiger partial charge in [-0.2, -0.15) is 15.0 Å². The summed E-state index contributed by atoms with van der Waals surface area (Å²) < 4.78 is 46.6. The topological polar surface area (TPSA) is 143 Å². The molecule has 1 atom stereocenters. The normalized spacial score (nSPS) is 20.1. The number of pyridine rings is 1. The minimum atomic E-state index is -2.80. The van der Waals surface area contributed by atoms with Gasteiger partial charge in [-0.05, 0) is 25.8 Å². The van der Waals surface area contributed by atoms with Gasteiger partial charge in [0.1, 0.15) is 11.4 Å². The number of hydrogen-bond donors (Lipinski definition) is 3. The van der Waals surface area contributed by atoms with Crippen LogP contribution in [0.5, 0.6) is 0 Å². The molecule has 33 heavy (non-hydrogen) atoms. The summed E-state index contributed by atoms with van der Waals surface area (Å²) in [6.07, 6.45) is 2.98. The van der Waals surface area contributed by atoms with E-state index in [1.54, 1.807) is 20.2 Å². The molecule has 12 heteroatoms. The predicted molar refractivity (Wildman–Crippen MR) is 121 cm³/mol. The molecular formula is C21H24N10O2. The Hall–Kier alpha value is -4.09. The standard InChI is InChI=1S/C21H24N10O2/c1-10-15-16(29-31(4)28-15)12-7-8-23-19(18(12)30(10)3)24-13-9-14(25-20(32)11-5-6-11)26-27-17(13)21(33)22-2/h7-11H,5-6H2,1-4H3,(H,22,33)(H2,23,24,25,26,32)/t10-/m1/s1/i1D3,2D3. The minimum absolute atomic E-state index is 0.0116. The molecule has 1 aliphatic heterocycles. The molecule has 5 rings (SSSR count). The molecule has 0 bridgehead atoms. The predicted octanol–water partition coefficient (Wildman–Crippen LogP) is 1.63. The second-order valence-corrected chi connectivity index (χ2v) is 7.83. The molecule has 0 radical (unpaired) electrons. The van der Waals surface area contributed by atoms with Crippen molar-refractivity contribution < 1.29 is 17.8 Å². The fourth-order valence-corrected chi connectivity index (χ4v) is 3.68. The molecule has 2 aliphatic rings. The highest BCUT2D eigenvalue weighted by atomic mass is 16.2. The number of carbonyl (C=O) groups excluding carboxylic acids is 2. The van der Waals surface area contributed by atoms with Crippen molar-refractivity contribution in [3.63, 3.8) is 0 Å². The first-order valence-corrected chi connectivity index (χ1v) is 10.1. The van der Waals surface area contributed by atoms with Crippen LogP contribution in [0.25, 0.3) is 11.3 Å². The van der Waals surface area contributed by atoms with Gasteiger partial charge in [0.25, 0.3) is 5.91 Å². The van der Waals surface area contributed by atoms with Crippen LogP contribution >= 0.6 is 0 Å². The molecular weight excluding hydrogens is 424 g/mol. The van der Waals surface area contributed by atoms with E-state index in [4.69, 9.17) is 8.22 Å². The number of aryl methyl sites for hydroxylation is 1. The van der Waals surface area contributed by atoms with E-state index in [2.05, 4.69) is 36.0 Å². The van der Waals surface area contributed by atoms with Crippen molar-refractivity contribution in [1.82, 2.24) is 35.5 Å². The van der Waals surface area contributed by atoms with Gasteiger partial charge in [0.15, 0.2) is 17.3 Å². The highest BCUT2D eigenvalue weighted by Gasteiger charge is 2.33. The number of aromatic nitrogens is 6. The van der Waals surface area contributed by atoms with E-state index in [0.29, 0.717) is 16.9 Å². The van der Waals surface area contributed by atoms with Crippen LogP contribution in [-0.4, -0.2) is 56.0 Å². The zero-order chi connectivity index (χ0) is 28.3. The van der Waals surface area contributed by atoms with Gasteiger partial charge in [-0.1, -0.05) is 0 Å². The van der Waals surface area contributed by atoms with Crippen molar-refractivity contribution in [2.24, 2.45) is 13.0 Å². The molecule has 3 aromatic heterocycles. The molecule has 0 spiro atoms. The third-order valence-corrected chi connectivity index (χ3v) is 5.49. The Balaban J connectivity index is 1.60. The zero-order valence-corrected chi connectivity index (χ0v) is 17.7. The first-order valence-electron chi connectivity index (χ1n) is 13.1. The van der Waals surface area contributed by atoms with Gasteiger partial charge in [-0.3, -0.25) is 9.59 Å². The maximum atomic E-state index is 12.8. The van der Waals surface area contributed by atoms with Crippen LogP contribution in [0.15, 0.2) is 18.3 Å². The van der Waals surface area contributed by atoms with Crippen LogP contribution in [0.4, 0.5) is 23.0 Å². The van der Waals surface area contributed by atoms with Crippen molar-refractivity contribution in [1.29, 1.82) is 0 Å². The minimum Gasteiger partial charge on any atom is -0.363 e. The molecule has 12 nitrogen and oxygen atoms in total. The van der Waals surface area contributed by atoms with E-state index < -0.39 is 25.8 Å². The molecule has 1 fully saturated rings. The second kappa shape index (κ2) is 7.80. The third-order valence-electron chi connectivity index (χ3n) is 5.49. The first-order chi connectivity index (χ1) is 18.2. The van der Waals surface area contributed by atoms with Crippen molar-refractivity contribution in [2.75, 3.05) is 29.6 Å². The fourth-order valence-electron chi connectivity index (χ4n) is 3.68. The lowest BCUT2D eigenvalue weighted by atomic mass is 9.99.